The first-order valence-corrected chi connectivity index (χ1v) is 7.14. The Hall–Kier alpha value is -2.15. The molecule has 0 fully saturated rings. The molecule has 2 aromatic carbocycles. The molecule has 0 spiro atoms. The second-order valence-corrected chi connectivity index (χ2v) is 5.25. The third kappa shape index (κ3) is 4.71. The zero-order valence-corrected chi connectivity index (χ0v) is 12.2. The van der Waals surface area contributed by atoms with Gasteiger partial charge < -0.3 is 10.4 Å². The molecule has 0 heterocycles. The SMILES string of the molecule is CC(CC(O)c1ccccc1)NCc1ccc(C#N)cc1. The number of rotatable bonds is 6. The predicted octanol–water partition coefficient (Wildman–Crippen LogP) is 3.16. The first kappa shape index (κ1) is 15.2. The summed E-state index contributed by atoms with van der Waals surface area (Å²) in [5, 5.41) is 22.3. The van der Waals surface area contributed by atoms with Gasteiger partial charge in [0.05, 0.1) is 17.7 Å². The molecule has 0 bridgehead atoms. The van der Waals surface area contributed by atoms with Crippen molar-refractivity contribution < 1.29 is 5.11 Å². The molecule has 21 heavy (non-hydrogen) atoms. The average Bonchev–Trinajstić information content (AvgIpc) is 2.54. The molecule has 2 rings (SSSR count). The molecule has 0 saturated carbocycles. The summed E-state index contributed by atoms with van der Waals surface area (Å²) in [6, 6.07) is 19.6. The van der Waals surface area contributed by atoms with Gasteiger partial charge in [-0.3, -0.25) is 0 Å². The van der Waals surface area contributed by atoms with E-state index in [-0.39, 0.29) is 6.04 Å². The van der Waals surface area contributed by atoms with Crippen LogP contribution >= 0.6 is 0 Å². The molecular formula is C18H20N2O. The zero-order valence-electron chi connectivity index (χ0n) is 12.2. The van der Waals surface area contributed by atoms with Crippen molar-refractivity contribution in [3.63, 3.8) is 0 Å². The molecule has 108 valence electrons. The summed E-state index contributed by atoms with van der Waals surface area (Å²) in [5.74, 6) is 0. The third-order valence-electron chi connectivity index (χ3n) is 3.50. The molecule has 0 amide bonds. The lowest BCUT2D eigenvalue weighted by Crippen LogP contribution is -2.27. The Morgan fingerprint density at radius 3 is 2.38 bits per heavy atom. The summed E-state index contributed by atoms with van der Waals surface area (Å²) in [7, 11) is 0. The fourth-order valence-electron chi connectivity index (χ4n) is 2.22. The molecule has 2 aromatic rings. The second-order valence-electron chi connectivity index (χ2n) is 5.25. The van der Waals surface area contributed by atoms with Gasteiger partial charge in [-0.2, -0.15) is 5.26 Å². The van der Waals surface area contributed by atoms with Gasteiger partial charge in [0, 0.05) is 12.6 Å². The summed E-state index contributed by atoms with van der Waals surface area (Å²) in [5.41, 5.74) is 2.76. The van der Waals surface area contributed by atoms with E-state index in [0.717, 1.165) is 17.7 Å². The van der Waals surface area contributed by atoms with Gasteiger partial charge in [0.2, 0.25) is 0 Å². The molecule has 2 N–H and O–H groups in total. The molecule has 0 aromatic heterocycles. The van der Waals surface area contributed by atoms with E-state index in [9.17, 15) is 5.11 Å². The molecule has 3 heteroatoms. The van der Waals surface area contributed by atoms with Gasteiger partial charge in [0.15, 0.2) is 0 Å². The van der Waals surface area contributed by atoms with Gasteiger partial charge in [-0.05, 0) is 36.6 Å². The van der Waals surface area contributed by atoms with Crippen molar-refractivity contribution in [1.82, 2.24) is 5.32 Å². The van der Waals surface area contributed by atoms with Crippen molar-refractivity contribution in [2.24, 2.45) is 0 Å². The lowest BCUT2D eigenvalue weighted by Gasteiger charge is -2.18. The van der Waals surface area contributed by atoms with Crippen LogP contribution < -0.4 is 5.32 Å². The Bertz CT molecular complexity index is 587. The van der Waals surface area contributed by atoms with E-state index in [0.29, 0.717) is 12.0 Å². The Balaban J connectivity index is 1.81. The van der Waals surface area contributed by atoms with E-state index in [4.69, 9.17) is 5.26 Å². The smallest absolute Gasteiger partial charge is 0.0991 e. The summed E-state index contributed by atoms with van der Waals surface area (Å²) in [6.45, 7) is 2.80. The highest BCUT2D eigenvalue weighted by molar-refractivity contribution is 5.31. The van der Waals surface area contributed by atoms with Crippen LogP contribution in [-0.2, 0) is 6.54 Å². The number of nitrogens with zero attached hydrogens (tertiary/aromatic N) is 1. The van der Waals surface area contributed by atoms with Crippen molar-refractivity contribution in [2.75, 3.05) is 0 Å². The van der Waals surface area contributed by atoms with Crippen molar-refractivity contribution >= 4 is 0 Å². The topological polar surface area (TPSA) is 56.0 Å². The standard InChI is InChI=1S/C18H20N2O/c1-14(11-18(21)17-5-3-2-4-6-17)20-13-16-9-7-15(12-19)8-10-16/h2-10,14,18,20-21H,11,13H2,1H3. The van der Waals surface area contributed by atoms with Crippen LogP contribution in [0.5, 0.6) is 0 Å². The highest BCUT2D eigenvalue weighted by Gasteiger charge is 2.11. The maximum Gasteiger partial charge on any atom is 0.0991 e. The van der Waals surface area contributed by atoms with Crippen LogP contribution in [0.4, 0.5) is 0 Å². The second kappa shape index (κ2) is 7.58. The molecule has 0 aliphatic rings. The lowest BCUT2D eigenvalue weighted by molar-refractivity contribution is 0.154. The minimum Gasteiger partial charge on any atom is -0.388 e. The van der Waals surface area contributed by atoms with E-state index in [1.807, 2.05) is 54.6 Å². The van der Waals surface area contributed by atoms with E-state index >= 15 is 0 Å². The lowest BCUT2D eigenvalue weighted by atomic mass is 10.0. The Morgan fingerprint density at radius 2 is 1.76 bits per heavy atom. The highest BCUT2D eigenvalue weighted by Crippen LogP contribution is 2.17. The van der Waals surface area contributed by atoms with Gasteiger partial charge in [-0.1, -0.05) is 42.5 Å². The van der Waals surface area contributed by atoms with Crippen LogP contribution in [0, 0.1) is 11.3 Å². The van der Waals surface area contributed by atoms with Crippen LogP contribution in [0.1, 0.15) is 36.1 Å². The molecule has 0 radical (unpaired) electrons. The maximum atomic E-state index is 10.2. The van der Waals surface area contributed by atoms with E-state index in [1.165, 1.54) is 0 Å². The molecule has 2 atom stereocenters. The van der Waals surface area contributed by atoms with Gasteiger partial charge in [0.25, 0.3) is 0 Å². The first-order chi connectivity index (χ1) is 10.2. The molecule has 0 saturated heterocycles. The molecule has 0 aliphatic carbocycles. The minimum absolute atomic E-state index is 0.204. The van der Waals surface area contributed by atoms with Crippen LogP contribution in [0.3, 0.4) is 0 Å². The Labute approximate surface area is 125 Å². The summed E-state index contributed by atoms with van der Waals surface area (Å²) < 4.78 is 0. The van der Waals surface area contributed by atoms with E-state index < -0.39 is 6.10 Å². The number of aliphatic hydroxyl groups excluding tert-OH is 1. The van der Waals surface area contributed by atoms with Crippen LogP contribution in [0.15, 0.2) is 54.6 Å². The number of nitriles is 1. The van der Waals surface area contributed by atoms with Crippen LogP contribution in [0.2, 0.25) is 0 Å². The average molecular weight is 280 g/mol. The van der Waals surface area contributed by atoms with E-state index in [2.05, 4.69) is 18.3 Å². The molecule has 0 aliphatic heterocycles. The fraction of sp³-hybridized carbons (Fsp3) is 0.278. The van der Waals surface area contributed by atoms with Crippen molar-refractivity contribution in [2.45, 2.75) is 32.0 Å². The highest BCUT2D eigenvalue weighted by atomic mass is 16.3. The van der Waals surface area contributed by atoms with Crippen molar-refractivity contribution in [3.8, 4) is 6.07 Å². The Kier molecular flexibility index (Phi) is 5.51. The Morgan fingerprint density at radius 1 is 1.10 bits per heavy atom. The summed E-state index contributed by atoms with van der Waals surface area (Å²) in [4.78, 5) is 0. The maximum absolute atomic E-state index is 10.2. The third-order valence-corrected chi connectivity index (χ3v) is 3.50. The van der Waals surface area contributed by atoms with Gasteiger partial charge >= 0.3 is 0 Å². The zero-order chi connectivity index (χ0) is 15.1. The predicted molar refractivity (Wildman–Crippen MR) is 83.5 cm³/mol. The number of benzene rings is 2. The number of aliphatic hydroxyl groups is 1. The normalized spacial score (nSPS) is 13.4. The fourth-order valence-corrected chi connectivity index (χ4v) is 2.22. The number of nitrogens with one attached hydrogen (secondary N) is 1. The summed E-state index contributed by atoms with van der Waals surface area (Å²) >= 11 is 0. The van der Waals surface area contributed by atoms with Crippen molar-refractivity contribution in [1.29, 1.82) is 5.26 Å². The summed E-state index contributed by atoms with van der Waals surface area (Å²) in [6.07, 6.45) is 0.218. The number of hydrogen-bond acceptors (Lipinski definition) is 3. The molecule has 2 unspecified atom stereocenters. The van der Waals surface area contributed by atoms with Gasteiger partial charge in [-0.15, -0.1) is 0 Å². The number of hydrogen-bond donors (Lipinski definition) is 2. The van der Waals surface area contributed by atoms with Crippen molar-refractivity contribution in [3.05, 3.63) is 71.3 Å². The first-order valence-electron chi connectivity index (χ1n) is 7.14. The molecule has 3 nitrogen and oxygen atoms in total. The van der Waals surface area contributed by atoms with Crippen LogP contribution in [-0.4, -0.2) is 11.1 Å². The van der Waals surface area contributed by atoms with Crippen LogP contribution in [0.25, 0.3) is 0 Å². The van der Waals surface area contributed by atoms with Gasteiger partial charge in [0.1, 0.15) is 0 Å². The molecular weight excluding hydrogens is 260 g/mol. The van der Waals surface area contributed by atoms with E-state index in [1.54, 1.807) is 0 Å². The minimum atomic E-state index is -0.449. The van der Waals surface area contributed by atoms with Gasteiger partial charge in [-0.25, -0.2) is 0 Å². The monoisotopic (exact) mass is 280 g/mol. The largest absolute Gasteiger partial charge is 0.388 e. The quantitative estimate of drug-likeness (QED) is 0.854.